The second kappa shape index (κ2) is 9.12. The first-order chi connectivity index (χ1) is 15.8. The SMILES string of the molecule is CN(CCNc1ccc(C#N)cn1)c1nc(-c2ccc(C(F)(F)F)cc2)nc2ccccc12. The molecule has 0 spiro atoms. The van der Waals surface area contributed by atoms with Crippen molar-refractivity contribution >= 4 is 22.5 Å². The van der Waals surface area contributed by atoms with Crippen LogP contribution in [0.25, 0.3) is 22.3 Å². The van der Waals surface area contributed by atoms with Gasteiger partial charge in [0.25, 0.3) is 0 Å². The number of nitriles is 1. The molecular weight excluding hydrogens is 429 g/mol. The summed E-state index contributed by atoms with van der Waals surface area (Å²) < 4.78 is 38.8. The number of alkyl halides is 3. The molecule has 2 aromatic carbocycles. The highest BCUT2D eigenvalue weighted by molar-refractivity contribution is 5.91. The summed E-state index contributed by atoms with van der Waals surface area (Å²) in [6, 6.07) is 17.8. The Balaban J connectivity index is 1.57. The molecule has 0 bridgehead atoms. The van der Waals surface area contributed by atoms with E-state index in [4.69, 9.17) is 5.26 Å². The smallest absolute Gasteiger partial charge is 0.368 e. The highest BCUT2D eigenvalue weighted by atomic mass is 19.4. The van der Waals surface area contributed by atoms with Crippen molar-refractivity contribution in [3.05, 3.63) is 78.0 Å². The maximum atomic E-state index is 12.9. The van der Waals surface area contributed by atoms with Crippen LogP contribution in [-0.2, 0) is 6.18 Å². The molecule has 0 aliphatic heterocycles. The fraction of sp³-hybridized carbons (Fsp3) is 0.167. The monoisotopic (exact) mass is 448 g/mol. The van der Waals surface area contributed by atoms with Gasteiger partial charge in [0.15, 0.2) is 5.82 Å². The molecule has 4 aromatic rings. The number of hydrogen-bond acceptors (Lipinski definition) is 6. The Labute approximate surface area is 188 Å². The molecular formula is C24H19F3N6. The molecule has 0 aliphatic carbocycles. The van der Waals surface area contributed by atoms with Gasteiger partial charge in [-0.05, 0) is 36.4 Å². The van der Waals surface area contributed by atoms with E-state index in [0.717, 1.165) is 17.5 Å². The standard InChI is InChI=1S/C24H19F3N6/c1-33(13-12-29-21-11-6-16(14-28)15-30-21)23-19-4-2-3-5-20(19)31-22(32-23)17-7-9-18(10-8-17)24(25,26)27/h2-11,15H,12-13H2,1H3,(H,29,30). The van der Waals surface area contributed by atoms with Gasteiger partial charge in [-0.2, -0.15) is 18.4 Å². The number of pyridine rings is 1. The summed E-state index contributed by atoms with van der Waals surface area (Å²) in [5.74, 6) is 1.68. The van der Waals surface area contributed by atoms with Crippen LogP contribution in [0.1, 0.15) is 11.1 Å². The molecule has 2 heterocycles. The lowest BCUT2D eigenvalue weighted by Crippen LogP contribution is -2.26. The summed E-state index contributed by atoms with van der Waals surface area (Å²) in [5.41, 5.74) is 0.974. The predicted octanol–water partition coefficient (Wildman–Crippen LogP) is 5.13. The van der Waals surface area contributed by atoms with Gasteiger partial charge in [0.2, 0.25) is 0 Å². The van der Waals surface area contributed by atoms with Crippen molar-refractivity contribution in [2.24, 2.45) is 0 Å². The molecule has 0 radical (unpaired) electrons. The molecule has 0 fully saturated rings. The highest BCUT2D eigenvalue weighted by Gasteiger charge is 2.30. The van der Waals surface area contributed by atoms with Crippen molar-refractivity contribution in [3.8, 4) is 17.5 Å². The first kappa shape index (κ1) is 22.0. The molecule has 0 aliphatic rings. The van der Waals surface area contributed by atoms with Crippen LogP contribution in [0.3, 0.4) is 0 Å². The third-order valence-electron chi connectivity index (χ3n) is 5.06. The minimum absolute atomic E-state index is 0.353. The zero-order valence-corrected chi connectivity index (χ0v) is 17.6. The second-order valence-electron chi connectivity index (χ2n) is 7.36. The maximum absolute atomic E-state index is 12.9. The van der Waals surface area contributed by atoms with Crippen molar-refractivity contribution in [2.45, 2.75) is 6.18 Å². The normalized spacial score (nSPS) is 11.2. The number of rotatable bonds is 6. The molecule has 1 N–H and O–H groups in total. The molecule has 33 heavy (non-hydrogen) atoms. The number of halogens is 3. The fourth-order valence-electron chi connectivity index (χ4n) is 3.31. The van der Waals surface area contributed by atoms with Crippen molar-refractivity contribution in [1.29, 1.82) is 5.26 Å². The second-order valence-corrected chi connectivity index (χ2v) is 7.36. The number of likely N-dealkylation sites (N-methyl/N-ethyl adjacent to an activating group) is 1. The van der Waals surface area contributed by atoms with Gasteiger partial charge in [-0.1, -0.05) is 24.3 Å². The highest BCUT2D eigenvalue weighted by Crippen LogP contribution is 2.31. The maximum Gasteiger partial charge on any atom is 0.416 e. The molecule has 6 nitrogen and oxygen atoms in total. The molecule has 0 unspecified atom stereocenters. The van der Waals surface area contributed by atoms with Crippen LogP contribution < -0.4 is 10.2 Å². The Hall–Kier alpha value is -4.19. The summed E-state index contributed by atoms with van der Waals surface area (Å²) in [7, 11) is 1.89. The van der Waals surface area contributed by atoms with E-state index in [0.29, 0.717) is 47.2 Å². The van der Waals surface area contributed by atoms with E-state index < -0.39 is 11.7 Å². The molecule has 166 valence electrons. The van der Waals surface area contributed by atoms with Gasteiger partial charge in [-0.3, -0.25) is 0 Å². The minimum atomic E-state index is -4.40. The number of nitrogens with zero attached hydrogens (tertiary/aromatic N) is 5. The number of para-hydroxylation sites is 1. The van der Waals surface area contributed by atoms with Gasteiger partial charge < -0.3 is 10.2 Å². The third-order valence-corrected chi connectivity index (χ3v) is 5.06. The van der Waals surface area contributed by atoms with Crippen molar-refractivity contribution < 1.29 is 13.2 Å². The lowest BCUT2D eigenvalue weighted by molar-refractivity contribution is -0.137. The molecule has 2 aromatic heterocycles. The summed E-state index contributed by atoms with van der Waals surface area (Å²) in [4.78, 5) is 15.4. The zero-order chi connectivity index (χ0) is 23.4. The number of nitrogens with one attached hydrogen (secondary N) is 1. The molecule has 0 amide bonds. The number of anilines is 2. The first-order valence-corrected chi connectivity index (χ1v) is 10.1. The quantitative estimate of drug-likeness (QED) is 0.441. The Kier molecular flexibility index (Phi) is 6.09. The Morgan fingerprint density at radius 1 is 1.00 bits per heavy atom. The molecule has 9 heteroatoms. The largest absolute Gasteiger partial charge is 0.416 e. The molecule has 4 rings (SSSR count). The Morgan fingerprint density at radius 2 is 1.76 bits per heavy atom. The van der Waals surface area contributed by atoms with Gasteiger partial charge in [-0.25, -0.2) is 15.0 Å². The number of fused-ring (bicyclic) bond motifs is 1. The van der Waals surface area contributed by atoms with Crippen LogP contribution in [0, 0.1) is 11.3 Å². The van der Waals surface area contributed by atoms with Crippen LogP contribution in [0.5, 0.6) is 0 Å². The molecule has 0 saturated heterocycles. The van der Waals surface area contributed by atoms with E-state index in [1.54, 1.807) is 12.1 Å². The predicted molar refractivity (Wildman–Crippen MR) is 121 cm³/mol. The van der Waals surface area contributed by atoms with Gasteiger partial charge in [-0.15, -0.1) is 0 Å². The topological polar surface area (TPSA) is 77.7 Å². The third kappa shape index (κ3) is 5.01. The number of hydrogen-bond donors (Lipinski definition) is 1. The summed E-state index contributed by atoms with van der Waals surface area (Å²) in [6.45, 7) is 1.14. The zero-order valence-electron chi connectivity index (χ0n) is 17.6. The number of aromatic nitrogens is 3. The fourth-order valence-corrected chi connectivity index (χ4v) is 3.31. The van der Waals surface area contributed by atoms with Crippen LogP contribution in [0.4, 0.5) is 24.8 Å². The van der Waals surface area contributed by atoms with Gasteiger partial charge in [0.1, 0.15) is 17.7 Å². The lowest BCUT2D eigenvalue weighted by Gasteiger charge is -2.21. The lowest BCUT2D eigenvalue weighted by atomic mass is 10.1. The first-order valence-electron chi connectivity index (χ1n) is 10.1. The summed E-state index contributed by atoms with van der Waals surface area (Å²) >= 11 is 0. The van der Waals surface area contributed by atoms with E-state index in [1.807, 2.05) is 42.3 Å². The Bertz CT molecular complexity index is 1300. The van der Waals surface area contributed by atoms with Crippen LogP contribution >= 0.6 is 0 Å². The average Bonchev–Trinajstić information content (AvgIpc) is 2.83. The van der Waals surface area contributed by atoms with Gasteiger partial charge >= 0.3 is 6.18 Å². The number of benzene rings is 2. The van der Waals surface area contributed by atoms with Crippen molar-refractivity contribution in [3.63, 3.8) is 0 Å². The van der Waals surface area contributed by atoms with E-state index in [2.05, 4.69) is 20.3 Å². The van der Waals surface area contributed by atoms with Crippen molar-refractivity contribution in [1.82, 2.24) is 15.0 Å². The van der Waals surface area contributed by atoms with E-state index in [9.17, 15) is 13.2 Å². The average molecular weight is 448 g/mol. The minimum Gasteiger partial charge on any atom is -0.368 e. The van der Waals surface area contributed by atoms with Crippen LogP contribution in [-0.4, -0.2) is 35.1 Å². The molecule has 0 atom stereocenters. The van der Waals surface area contributed by atoms with Crippen LogP contribution in [0.15, 0.2) is 66.9 Å². The summed E-state index contributed by atoms with van der Waals surface area (Å²) in [6.07, 6.45) is -2.90. The summed E-state index contributed by atoms with van der Waals surface area (Å²) in [5, 5.41) is 12.9. The van der Waals surface area contributed by atoms with Crippen LogP contribution in [0.2, 0.25) is 0 Å². The van der Waals surface area contributed by atoms with Gasteiger partial charge in [0.05, 0.1) is 16.6 Å². The van der Waals surface area contributed by atoms with E-state index >= 15 is 0 Å². The van der Waals surface area contributed by atoms with E-state index in [1.165, 1.54) is 18.3 Å². The van der Waals surface area contributed by atoms with E-state index in [-0.39, 0.29) is 0 Å². The van der Waals surface area contributed by atoms with Crippen molar-refractivity contribution in [2.75, 3.05) is 30.4 Å². The van der Waals surface area contributed by atoms with Gasteiger partial charge in [0, 0.05) is 37.3 Å². The Morgan fingerprint density at radius 3 is 2.42 bits per heavy atom. The molecule has 0 saturated carbocycles.